The van der Waals surface area contributed by atoms with Gasteiger partial charge >= 0.3 is 11.9 Å². The molecule has 0 aliphatic carbocycles. The van der Waals surface area contributed by atoms with Gasteiger partial charge in [0.2, 0.25) is 5.75 Å². The van der Waals surface area contributed by atoms with E-state index in [1.54, 1.807) is 6.92 Å². The van der Waals surface area contributed by atoms with Gasteiger partial charge in [0.1, 0.15) is 28.1 Å². The van der Waals surface area contributed by atoms with Crippen molar-refractivity contribution in [3.8, 4) is 23.3 Å². The van der Waals surface area contributed by atoms with E-state index in [-0.39, 0.29) is 51.3 Å². The zero-order valence-corrected chi connectivity index (χ0v) is 17.2. The van der Waals surface area contributed by atoms with Crippen LogP contribution in [-0.2, 0) is 16.1 Å². The summed E-state index contributed by atoms with van der Waals surface area (Å²) >= 11 is 0.908. The van der Waals surface area contributed by atoms with Crippen LogP contribution in [0.4, 0.5) is 5.00 Å². The van der Waals surface area contributed by atoms with Crippen molar-refractivity contribution >= 4 is 28.3 Å². The molecule has 0 spiro atoms. The summed E-state index contributed by atoms with van der Waals surface area (Å²) in [4.78, 5) is 24.9. The summed E-state index contributed by atoms with van der Waals surface area (Å²) in [6.07, 6.45) is 0. The second-order valence-electron chi connectivity index (χ2n) is 5.44. The highest BCUT2D eigenvalue weighted by Crippen LogP contribution is 2.40. The molecule has 0 saturated heterocycles. The largest absolute Gasteiger partial charge is 0.493 e. The number of anilines is 1. The van der Waals surface area contributed by atoms with Crippen molar-refractivity contribution in [3.05, 3.63) is 33.7 Å². The van der Waals surface area contributed by atoms with Gasteiger partial charge in [-0.3, -0.25) is 0 Å². The molecule has 0 saturated carbocycles. The molecule has 0 aliphatic heterocycles. The van der Waals surface area contributed by atoms with E-state index in [0.29, 0.717) is 5.75 Å². The normalized spacial score (nSPS) is 10.0. The van der Waals surface area contributed by atoms with Gasteiger partial charge < -0.3 is 29.4 Å². The van der Waals surface area contributed by atoms with E-state index in [0.717, 1.165) is 11.3 Å². The molecule has 0 fully saturated rings. The zero-order chi connectivity index (χ0) is 21.6. The van der Waals surface area contributed by atoms with Gasteiger partial charge in [-0.1, -0.05) is 0 Å². The lowest BCUT2D eigenvalue weighted by molar-refractivity contribution is 0.0449. The number of thiophene rings is 1. The lowest BCUT2D eigenvalue weighted by atomic mass is 10.1. The molecule has 0 radical (unpaired) electrons. The Labute approximate surface area is 171 Å². The van der Waals surface area contributed by atoms with Crippen LogP contribution in [0.3, 0.4) is 0 Å². The fraction of sp³-hybridized carbons (Fsp3) is 0.316. The number of hydrogen-bond acceptors (Lipinski definition) is 10. The monoisotopic (exact) mass is 420 g/mol. The standard InChI is InChI=1S/C19H20N2O7S/c1-5-27-19(23)16-12(11(8-20)17(21)29-16)9-28-18(22)10-6-7-13(24-2)15(26-4)14(10)25-3/h6-7H,5,9,21H2,1-4H3. The van der Waals surface area contributed by atoms with Crippen molar-refractivity contribution in [3.63, 3.8) is 0 Å². The van der Waals surface area contributed by atoms with Gasteiger partial charge in [-0.05, 0) is 19.1 Å². The maximum Gasteiger partial charge on any atom is 0.348 e. The van der Waals surface area contributed by atoms with E-state index in [4.69, 9.17) is 29.4 Å². The molecule has 0 unspecified atom stereocenters. The second-order valence-corrected chi connectivity index (χ2v) is 6.49. The molecule has 0 atom stereocenters. The third kappa shape index (κ3) is 4.35. The second kappa shape index (κ2) is 9.66. The van der Waals surface area contributed by atoms with Gasteiger partial charge in [0.25, 0.3) is 0 Å². The molecule has 29 heavy (non-hydrogen) atoms. The Bertz CT molecular complexity index is 962. The van der Waals surface area contributed by atoms with Crippen LogP contribution in [0.5, 0.6) is 17.2 Å². The Morgan fingerprint density at radius 3 is 2.31 bits per heavy atom. The fourth-order valence-electron chi connectivity index (χ4n) is 2.58. The summed E-state index contributed by atoms with van der Waals surface area (Å²) in [6, 6.07) is 4.92. The van der Waals surface area contributed by atoms with E-state index < -0.39 is 11.9 Å². The minimum atomic E-state index is -0.744. The average Bonchev–Trinajstić information content (AvgIpc) is 3.05. The van der Waals surface area contributed by atoms with Crippen molar-refractivity contribution in [2.45, 2.75) is 13.5 Å². The lowest BCUT2D eigenvalue weighted by Crippen LogP contribution is -2.11. The number of nitriles is 1. The van der Waals surface area contributed by atoms with Crippen LogP contribution in [0, 0.1) is 11.3 Å². The first-order chi connectivity index (χ1) is 13.9. The topological polar surface area (TPSA) is 130 Å². The summed E-state index contributed by atoms with van der Waals surface area (Å²) < 4.78 is 26.0. The molecular weight excluding hydrogens is 400 g/mol. The van der Waals surface area contributed by atoms with Crippen LogP contribution in [0.2, 0.25) is 0 Å². The Kier molecular flexibility index (Phi) is 7.27. The molecule has 2 rings (SSSR count). The maximum atomic E-state index is 12.7. The molecule has 10 heteroatoms. The summed E-state index contributed by atoms with van der Waals surface area (Å²) in [7, 11) is 4.24. The Balaban J connectivity index is 2.35. The van der Waals surface area contributed by atoms with E-state index in [1.165, 1.54) is 33.5 Å². The predicted molar refractivity (Wildman–Crippen MR) is 105 cm³/mol. The first-order valence-corrected chi connectivity index (χ1v) is 9.19. The van der Waals surface area contributed by atoms with Crippen LogP contribution in [-0.4, -0.2) is 39.9 Å². The number of esters is 2. The maximum absolute atomic E-state index is 12.7. The number of methoxy groups -OCH3 is 3. The molecule has 154 valence electrons. The number of ether oxygens (including phenoxy) is 5. The van der Waals surface area contributed by atoms with E-state index in [9.17, 15) is 14.9 Å². The van der Waals surface area contributed by atoms with Crippen molar-refractivity contribution in [2.24, 2.45) is 0 Å². The highest BCUT2D eigenvalue weighted by atomic mass is 32.1. The molecule has 1 aromatic heterocycles. The van der Waals surface area contributed by atoms with Gasteiger partial charge in [-0.25, -0.2) is 9.59 Å². The van der Waals surface area contributed by atoms with Crippen LogP contribution < -0.4 is 19.9 Å². The number of carbonyl (C=O) groups is 2. The minimum Gasteiger partial charge on any atom is -0.493 e. The van der Waals surface area contributed by atoms with Crippen LogP contribution in [0.15, 0.2) is 12.1 Å². The van der Waals surface area contributed by atoms with E-state index in [2.05, 4.69) is 0 Å². The Morgan fingerprint density at radius 1 is 1.07 bits per heavy atom. The Hall–Kier alpha value is -3.45. The molecule has 2 N–H and O–H groups in total. The smallest absolute Gasteiger partial charge is 0.348 e. The fourth-order valence-corrected chi connectivity index (χ4v) is 3.50. The molecule has 1 aromatic carbocycles. The first-order valence-electron chi connectivity index (χ1n) is 8.37. The average molecular weight is 420 g/mol. The number of benzene rings is 1. The van der Waals surface area contributed by atoms with Crippen molar-refractivity contribution in [1.29, 1.82) is 5.26 Å². The molecule has 0 amide bonds. The third-order valence-electron chi connectivity index (χ3n) is 3.88. The summed E-state index contributed by atoms with van der Waals surface area (Å²) in [5, 5.41) is 9.49. The molecule has 1 heterocycles. The summed E-state index contributed by atoms with van der Waals surface area (Å²) in [5.74, 6) is -0.642. The van der Waals surface area contributed by atoms with Gasteiger partial charge in [-0.2, -0.15) is 5.26 Å². The SMILES string of the molecule is CCOC(=O)c1sc(N)c(C#N)c1COC(=O)c1ccc(OC)c(OC)c1OC. The molecule has 2 aromatic rings. The van der Waals surface area contributed by atoms with Gasteiger partial charge in [0, 0.05) is 5.56 Å². The lowest BCUT2D eigenvalue weighted by Gasteiger charge is -2.15. The van der Waals surface area contributed by atoms with E-state index >= 15 is 0 Å². The summed E-state index contributed by atoms with van der Waals surface area (Å²) in [6.45, 7) is 1.46. The number of rotatable bonds is 8. The van der Waals surface area contributed by atoms with E-state index in [1.807, 2.05) is 6.07 Å². The number of nitrogens with two attached hydrogens (primary N) is 1. The number of hydrogen-bond donors (Lipinski definition) is 1. The molecule has 9 nitrogen and oxygen atoms in total. The Morgan fingerprint density at radius 2 is 1.76 bits per heavy atom. The van der Waals surface area contributed by atoms with Crippen molar-refractivity contribution < 1.29 is 33.3 Å². The van der Waals surface area contributed by atoms with Gasteiger partial charge in [0.05, 0.1) is 33.5 Å². The quantitative estimate of drug-likeness (QED) is 0.640. The molecule has 0 bridgehead atoms. The van der Waals surface area contributed by atoms with Gasteiger partial charge in [-0.15, -0.1) is 11.3 Å². The molecule has 0 aliphatic rings. The van der Waals surface area contributed by atoms with Gasteiger partial charge in [0.15, 0.2) is 11.5 Å². The number of nitrogen functional groups attached to an aromatic ring is 1. The van der Waals surface area contributed by atoms with Crippen molar-refractivity contribution in [2.75, 3.05) is 33.7 Å². The number of carbonyl (C=O) groups excluding carboxylic acids is 2. The minimum absolute atomic E-state index is 0.0742. The van der Waals surface area contributed by atoms with Crippen LogP contribution in [0.1, 0.15) is 38.1 Å². The predicted octanol–water partition coefficient (Wildman–Crippen LogP) is 2.76. The highest BCUT2D eigenvalue weighted by Gasteiger charge is 2.26. The third-order valence-corrected chi connectivity index (χ3v) is 4.92. The van der Waals surface area contributed by atoms with Crippen LogP contribution >= 0.6 is 11.3 Å². The summed E-state index contributed by atoms with van der Waals surface area (Å²) in [5.41, 5.74) is 6.17. The van der Waals surface area contributed by atoms with Crippen molar-refractivity contribution in [1.82, 2.24) is 0 Å². The first kappa shape index (κ1) is 21.8. The highest BCUT2D eigenvalue weighted by molar-refractivity contribution is 7.18. The number of nitrogens with zero attached hydrogens (tertiary/aromatic N) is 1. The molecular formula is C19H20N2O7S. The zero-order valence-electron chi connectivity index (χ0n) is 16.4. The van der Waals surface area contributed by atoms with Crippen LogP contribution in [0.25, 0.3) is 0 Å².